The van der Waals surface area contributed by atoms with E-state index in [1.54, 1.807) is 7.11 Å². The van der Waals surface area contributed by atoms with E-state index in [1.165, 1.54) is 17.1 Å². The van der Waals surface area contributed by atoms with Crippen LogP contribution in [0.25, 0.3) is 0 Å². The number of anilines is 2. The van der Waals surface area contributed by atoms with E-state index < -0.39 is 0 Å². The lowest BCUT2D eigenvalue weighted by Gasteiger charge is -2.09. The summed E-state index contributed by atoms with van der Waals surface area (Å²) in [7, 11) is 1.64. The second kappa shape index (κ2) is 4.89. The molecular formula is C10H12N4OS. The van der Waals surface area contributed by atoms with Crippen molar-refractivity contribution in [3.05, 3.63) is 23.8 Å². The summed E-state index contributed by atoms with van der Waals surface area (Å²) in [6.45, 7) is 2.11. The first-order valence-corrected chi connectivity index (χ1v) is 5.69. The number of nitrogens with zero attached hydrogens (tertiary/aromatic N) is 3. The van der Waals surface area contributed by atoms with Crippen molar-refractivity contribution in [2.45, 2.75) is 13.3 Å². The van der Waals surface area contributed by atoms with Crippen molar-refractivity contribution in [2.75, 3.05) is 12.4 Å². The van der Waals surface area contributed by atoms with Crippen molar-refractivity contribution in [3.8, 4) is 5.75 Å². The highest BCUT2D eigenvalue weighted by Crippen LogP contribution is 2.28. The molecule has 0 aliphatic carbocycles. The van der Waals surface area contributed by atoms with E-state index in [0.29, 0.717) is 5.13 Å². The lowest BCUT2D eigenvalue weighted by molar-refractivity contribution is 0.416. The van der Waals surface area contributed by atoms with Gasteiger partial charge < -0.3 is 10.1 Å². The van der Waals surface area contributed by atoms with Crippen molar-refractivity contribution >= 4 is 22.4 Å². The van der Waals surface area contributed by atoms with Gasteiger partial charge in [-0.25, -0.2) is 0 Å². The molecule has 0 saturated carbocycles. The van der Waals surface area contributed by atoms with Gasteiger partial charge in [-0.05, 0) is 29.3 Å². The number of hydrogen-bond donors (Lipinski definition) is 1. The number of methoxy groups -OCH3 is 1. The summed E-state index contributed by atoms with van der Waals surface area (Å²) in [6, 6.07) is 6.03. The topological polar surface area (TPSA) is 59.9 Å². The summed E-state index contributed by atoms with van der Waals surface area (Å²) < 4.78 is 8.96. The summed E-state index contributed by atoms with van der Waals surface area (Å²) in [5, 5.41) is 11.2. The Morgan fingerprint density at radius 3 is 2.94 bits per heavy atom. The van der Waals surface area contributed by atoms with Gasteiger partial charge in [-0.1, -0.05) is 22.6 Å². The summed E-state index contributed by atoms with van der Waals surface area (Å²) in [4.78, 5) is 0. The number of hydrogen-bond acceptors (Lipinski definition) is 6. The van der Waals surface area contributed by atoms with Crippen LogP contribution in [-0.2, 0) is 6.42 Å². The Hall–Kier alpha value is -1.69. The van der Waals surface area contributed by atoms with Crippen LogP contribution in [0.2, 0.25) is 0 Å². The number of benzene rings is 1. The summed E-state index contributed by atoms with van der Waals surface area (Å²) in [5.41, 5.74) is 2.13. The fraction of sp³-hybridized carbons (Fsp3) is 0.300. The molecule has 5 nitrogen and oxygen atoms in total. The van der Waals surface area contributed by atoms with Crippen molar-refractivity contribution in [1.82, 2.24) is 14.8 Å². The zero-order valence-corrected chi connectivity index (χ0v) is 9.91. The zero-order valence-electron chi connectivity index (χ0n) is 9.10. The Morgan fingerprint density at radius 1 is 1.44 bits per heavy atom. The summed E-state index contributed by atoms with van der Waals surface area (Å²) in [6.07, 6.45) is 0.979. The normalized spacial score (nSPS) is 10.1. The first kappa shape index (κ1) is 10.8. The third-order valence-corrected chi connectivity index (χ3v) is 2.72. The molecule has 0 unspecified atom stereocenters. The molecule has 2 rings (SSSR count). The molecule has 1 aromatic carbocycles. The molecule has 0 aliphatic heterocycles. The molecule has 0 saturated heterocycles. The van der Waals surface area contributed by atoms with Crippen LogP contribution in [0.15, 0.2) is 18.2 Å². The number of aromatic nitrogens is 3. The minimum absolute atomic E-state index is 0.659. The van der Waals surface area contributed by atoms with E-state index in [9.17, 15) is 0 Å². The molecule has 1 N–H and O–H groups in total. The molecule has 0 bridgehead atoms. The largest absolute Gasteiger partial charge is 0.495 e. The molecule has 0 amide bonds. The number of nitrogens with one attached hydrogen (secondary N) is 1. The van der Waals surface area contributed by atoms with E-state index in [0.717, 1.165) is 17.9 Å². The maximum atomic E-state index is 5.27. The third-order valence-electron chi connectivity index (χ3n) is 2.21. The van der Waals surface area contributed by atoms with Crippen molar-refractivity contribution in [2.24, 2.45) is 0 Å². The van der Waals surface area contributed by atoms with Gasteiger partial charge in [-0.3, -0.25) is 0 Å². The molecule has 0 spiro atoms. The minimum Gasteiger partial charge on any atom is -0.495 e. The molecule has 6 heteroatoms. The molecule has 2 aromatic rings. The first-order valence-electron chi connectivity index (χ1n) is 4.92. The number of ether oxygens (including phenoxy) is 1. The highest BCUT2D eigenvalue weighted by molar-refractivity contribution is 7.09. The molecule has 16 heavy (non-hydrogen) atoms. The van der Waals surface area contributed by atoms with Crippen LogP contribution >= 0.6 is 11.5 Å². The van der Waals surface area contributed by atoms with E-state index in [2.05, 4.69) is 27.0 Å². The highest BCUT2D eigenvalue weighted by Gasteiger charge is 2.06. The molecule has 84 valence electrons. The third kappa shape index (κ3) is 2.27. The van der Waals surface area contributed by atoms with Gasteiger partial charge in [0, 0.05) is 11.5 Å². The van der Waals surface area contributed by atoms with Crippen LogP contribution in [0, 0.1) is 0 Å². The molecule has 0 radical (unpaired) electrons. The number of rotatable bonds is 4. The maximum Gasteiger partial charge on any atom is 0.229 e. The Balaban J connectivity index is 2.30. The fourth-order valence-electron chi connectivity index (χ4n) is 1.37. The Morgan fingerprint density at radius 2 is 2.31 bits per heavy atom. The van der Waals surface area contributed by atoms with E-state index >= 15 is 0 Å². The van der Waals surface area contributed by atoms with Gasteiger partial charge in [0.1, 0.15) is 5.75 Å². The maximum absolute atomic E-state index is 5.27. The molecule has 0 fully saturated rings. The molecule has 1 aromatic heterocycles. The molecule has 1 heterocycles. The molecule has 0 atom stereocenters. The predicted molar refractivity (Wildman–Crippen MR) is 63.4 cm³/mol. The van der Waals surface area contributed by atoms with Gasteiger partial charge in [-0.15, -0.1) is 0 Å². The average Bonchev–Trinajstić information content (AvgIpc) is 2.82. The SMILES string of the molecule is CCc1ccc(OC)c(Nc2nnns2)c1. The quantitative estimate of drug-likeness (QED) is 0.882. The monoisotopic (exact) mass is 236 g/mol. The second-order valence-electron chi connectivity index (χ2n) is 3.18. The lowest BCUT2D eigenvalue weighted by Crippen LogP contribution is -1.95. The van der Waals surface area contributed by atoms with Crippen molar-refractivity contribution < 1.29 is 4.74 Å². The average molecular weight is 236 g/mol. The van der Waals surface area contributed by atoms with Gasteiger partial charge >= 0.3 is 0 Å². The van der Waals surface area contributed by atoms with Crippen LogP contribution in [0.5, 0.6) is 5.75 Å². The van der Waals surface area contributed by atoms with E-state index in [4.69, 9.17) is 4.74 Å². The van der Waals surface area contributed by atoms with Gasteiger partial charge in [0.2, 0.25) is 5.13 Å². The summed E-state index contributed by atoms with van der Waals surface area (Å²) >= 11 is 1.21. The van der Waals surface area contributed by atoms with E-state index in [-0.39, 0.29) is 0 Å². The zero-order chi connectivity index (χ0) is 11.4. The minimum atomic E-state index is 0.659. The number of aryl methyl sites for hydroxylation is 1. The van der Waals surface area contributed by atoms with Crippen LogP contribution in [0.3, 0.4) is 0 Å². The summed E-state index contributed by atoms with van der Waals surface area (Å²) in [5.74, 6) is 0.785. The van der Waals surface area contributed by atoms with Gasteiger partial charge in [0.25, 0.3) is 0 Å². The fourth-order valence-corrected chi connectivity index (χ4v) is 1.75. The second-order valence-corrected chi connectivity index (χ2v) is 3.91. The Bertz CT molecular complexity index is 458. The van der Waals surface area contributed by atoms with Crippen LogP contribution in [-0.4, -0.2) is 21.9 Å². The molecular weight excluding hydrogens is 224 g/mol. The van der Waals surface area contributed by atoms with E-state index in [1.807, 2.05) is 18.2 Å². The van der Waals surface area contributed by atoms with Crippen LogP contribution < -0.4 is 10.1 Å². The molecule has 0 aliphatic rings. The van der Waals surface area contributed by atoms with Crippen LogP contribution in [0.1, 0.15) is 12.5 Å². The van der Waals surface area contributed by atoms with Crippen molar-refractivity contribution in [3.63, 3.8) is 0 Å². The van der Waals surface area contributed by atoms with Gasteiger partial charge in [-0.2, -0.15) is 0 Å². The van der Waals surface area contributed by atoms with Gasteiger partial charge in [0.05, 0.1) is 12.8 Å². The standard InChI is InChI=1S/C10H12N4OS/c1-3-7-4-5-9(15-2)8(6-7)11-10-12-13-14-16-10/h4-6H,3H2,1-2H3,(H,11,12,14). The smallest absolute Gasteiger partial charge is 0.229 e. The highest BCUT2D eigenvalue weighted by atomic mass is 32.1. The van der Waals surface area contributed by atoms with Gasteiger partial charge in [0.15, 0.2) is 0 Å². The first-order chi connectivity index (χ1) is 7.83. The predicted octanol–water partition coefficient (Wildman–Crippen LogP) is 2.25. The van der Waals surface area contributed by atoms with Crippen molar-refractivity contribution in [1.29, 1.82) is 0 Å². The lowest BCUT2D eigenvalue weighted by atomic mass is 10.1. The Kier molecular flexibility index (Phi) is 3.31. The van der Waals surface area contributed by atoms with Crippen LogP contribution in [0.4, 0.5) is 10.8 Å². The Labute approximate surface area is 97.6 Å².